The molecule has 2 aromatic rings. The van der Waals surface area contributed by atoms with Crippen LogP contribution in [0.4, 0.5) is 0 Å². The van der Waals surface area contributed by atoms with E-state index in [4.69, 9.17) is 11.7 Å². The summed E-state index contributed by atoms with van der Waals surface area (Å²) in [6, 6.07) is 5.73. The van der Waals surface area contributed by atoms with Crippen LogP contribution >= 0.6 is 0 Å². The molecule has 0 bridgehead atoms. The van der Waals surface area contributed by atoms with Crippen molar-refractivity contribution >= 4 is 11.0 Å². The van der Waals surface area contributed by atoms with Gasteiger partial charge in [0.1, 0.15) is 11.9 Å². The second-order valence-electron chi connectivity index (χ2n) is 3.55. The van der Waals surface area contributed by atoms with Crippen LogP contribution in [0.25, 0.3) is 11.0 Å². The highest BCUT2D eigenvalue weighted by atomic mass is 15.1. The van der Waals surface area contributed by atoms with Crippen LogP contribution in [0, 0.1) is 30.6 Å². The molecule has 0 aliphatic carbocycles. The quantitative estimate of drug-likeness (QED) is 0.676. The van der Waals surface area contributed by atoms with Crippen LogP contribution in [0.3, 0.4) is 0 Å². The summed E-state index contributed by atoms with van der Waals surface area (Å²) in [6.45, 7) is 4.84. The number of nitriles is 1. The fourth-order valence-corrected chi connectivity index (χ4v) is 1.90. The van der Waals surface area contributed by atoms with Crippen LogP contribution in [0.5, 0.6) is 0 Å². The number of hydrogen-bond donors (Lipinski definition) is 0. The molecule has 1 aromatic carbocycles. The van der Waals surface area contributed by atoms with E-state index in [0.717, 1.165) is 23.4 Å². The summed E-state index contributed by atoms with van der Waals surface area (Å²) >= 11 is 0. The second-order valence-corrected chi connectivity index (χ2v) is 3.55. The first kappa shape index (κ1) is 10.3. The molecule has 1 aromatic heterocycles. The monoisotopic (exact) mass is 209 g/mol. The van der Waals surface area contributed by atoms with Crippen LogP contribution < -0.4 is 0 Å². The van der Waals surface area contributed by atoms with E-state index in [2.05, 4.69) is 28.5 Å². The van der Waals surface area contributed by atoms with Gasteiger partial charge >= 0.3 is 0 Å². The molecule has 0 saturated carbocycles. The number of aromatic nitrogens is 2. The molecule has 0 spiro atoms. The van der Waals surface area contributed by atoms with Gasteiger partial charge in [-0.1, -0.05) is 5.92 Å². The Balaban J connectivity index is 2.86. The predicted molar refractivity (Wildman–Crippen MR) is 62.8 cm³/mol. The third-order valence-corrected chi connectivity index (χ3v) is 2.67. The first-order valence-electron chi connectivity index (χ1n) is 5.08. The van der Waals surface area contributed by atoms with E-state index >= 15 is 0 Å². The lowest BCUT2D eigenvalue weighted by molar-refractivity contribution is 0.753. The van der Waals surface area contributed by atoms with Crippen molar-refractivity contribution in [2.75, 3.05) is 0 Å². The number of hydrogen-bond acceptors (Lipinski definition) is 2. The normalized spacial score (nSPS) is 10.0. The summed E-state index contributed by atoms with van der Waals surface area (Å²) in [6.07, 6.45) is 5.36. The molecule has 0 N–H and O–H groups in total. The number of rotatable bonds is 1. The maximum absolute atomic E-state index is 9.00. The SMILES string of the molecule is C#Cc1cc2nc(C)n(CC)c2cc1C#N. The van der Waals surface area contributed by atoms with Crippen LogP contribution in [-0.4, -0.2) is 9.55 Å². The number of benzene rings is 1. The minimum absolute atomic E-state index is 0.532. The molecule has 3 nitrogen and oxygen atoms in total. The number of aryl methyl sites for hydroxylation is 2. The molecule has 0 saturated heterocycles. The first-order chi connectivity index (χ1) is 7.71. The van der Waals surface area contributed by atoms with Crippen molar-refractivity contribution in [3.05, 3.63) is 29.1 Å². The third-order valence-electron chi connectivity index (χ3n) is 2.67. The lowest BCUT2D eigenvalue weighted by Crippen LogP contribution is -1.96. The fourth-order valence-electron chi connectivity index (χ4n) is 1.90. The Kier molecular flexibility index (Phi) is 2.38. The molecule has 78 valence electrons. The molecule has 1 heterocycles. The van der Waals surface area contributed by atoms with Gasteiger partial charge in [-0.2, -0.15) is 5.26 Å². The largest absolute Gasteiger partial charge is 0.328 e. The Morgan fingerprint density at radius 3 is 2.75 bits per heavy atom. The molecular formula is C13H11N3. The van der Waals surface area contributed by atoms with E-state index in [9.17, 15) is 0 Å². The first-order valence-corrected chi connectivity index (χ1v) is 5.08. The molecule has 0 fully saturated rings. The van der Waals surface area contributed by atoms with Gasteiger partial charge in [-0.25, -0.2) is 4.98 Å². The summed E-state index contributed by atoms with van der Waals surface area (Å²) < 4.78 is 2.07. The summed E-state index contributed by atoms with van der Waals surface area (Å²) in [5, 5.41) is 9.00. The highest BCUT2D eigenvalue weighted by Crippen LogP contribution is 2.20. The van der Waals surface area contributed by atoms with Gasteiger partial charge in [0.2, 0.25) is 0 Å². The van der Waals surface area contributed by atoms with Crippen molar-refractivity contribution in [1.29, 1.82) is 5.26 Å². The van der Waals surface area contributed by atoms with Crippen LogP contribution in [0.15, 0.2) is 12.1 Å². The standard InChI is InChI=1S/C13H11N3/c1-4-10-6-12-13(7-11(10)8-14)16(5-2)9(3)15-12/h1,6-7H,5H2,2-3H3. The van der Waals surface area contributed by atoms with Crippen molar-refractivity contribution in [3.63, 3.8) is 0 Å². The van der Waals surface area contributed by atoms with E-state index < -0.39 is 0 Å². The van der Waals surface area contributed by atoms with Gasteiger partial charge in [-0.15, -0.1) is 6.42 Å². The summed E-state index contributed by atoms with van der Waals surface area (Å²) in [4.78, 5) is 4.43. The lowest BCUT2D eigenvalue weighted by Gasteiger charge is -2.02. The average Bonchev–Trinajstić information content (AvgIpc) is 2.61. The number of fused-ring (bicyclic) bond motifs is 1. The Labute approximate surface area is 94.3 Å². The second kappa shape index (κ2) is 3.72. The highest BCUT2D eigenvalue weighted by Gasteiger charge is 2.09. The Morgan fingerprint density at radius 1 is 1.44 bits per heavy atom. The van der Waals surface area contributed by atoms with E-state index in [-0.39, 0.29) is 0 Å². The average molecular weight is 209 g/mol. The highest BCUT2D eigenvalue weighted by molar-refractivity contribution is 5.80. The van der Waals surface area contributed by atoms with Gasteiger partial charge in [0.15, 0.2) is 0 Å². The predicted octanol–water partition coefficient (Wildman–Crippen LogP) is 2.22. The smallest absolute Gasteiger partial charge is 0.106 e. The lowest BCUT2D eigenvalue weighted by atomic mass is 10.1. The molecule has 2 rings (SSSR count). The Bertz CT molecular complexity index is 636. The number of nitrogens with zero attached hydrogens (tertiary/aromatic N) is 3. The maximum atomic E-state index is 9.00. The van der Waals surface area contributed by atoms with Crippen molar-refractivity contribution in [3.8, 4) is 18.4 Å². The van der Waals surface area contributed by atoms with Gasteiger partial charge in [0.25, 0.3) is 0 Å². The number of terminal acetylenes is 1. The Morgan fingerprint density at radius 2 is 2.19 bits per heavy atom. The molecule has 0 unspecified atom stereocenters. The van der Waals surface area contributed by atoms with E-state index in [1.165, 1.54) is 0 Å². The summed E-state index contributed by atoms with van der Waals surface area (Å²) in [5.41, 5.74) is 2.96. The van der Waals surface area contributed by atoms with Crippen LogP contribution in [0.1, 0.15) is 23.9 Å². The van der Waals surface area contributed by atoms with Gasteiger partial charge < -0.3 is 4.57 Å². The van der Waals surface area contributed by atoms with Crippen molar-refractivity contribution in [2.45, 2.75) is 20.4 Å². The minimum atomic E-state index is 0.532. The minimum Gasteiger partial charge on any atom is -0.328 e. The van der Waals surface area contributed by atoms with Gasteiger partial charge in [-0.05, 0) is 26.0 Å². The van der Waals surface area contributed by atoms with E-state index in [0.29, 0.717) is 11.1 Å². The van der Waals surface area contributed by atoms with Gasteiger partial charge in [0.05, 0.1) is 16.6 Å². The molecule has 0 aliphatic heterocycles. The topological polar surface area (TPSA) is 41.6 Å². The molecule has 0 radical (unpaired) electrons. The van der Waals surface area contributed by atoms with Crippen molar-refractivity contribution < 1.29 is 0 Å². The molecule has 0 aliphatic rings. The summed E-state index contributed by atoms with van der Waals surface area (Å²) in [5.74, 6) is 3.45. The maximum Gasteiger partial charge on any atom is 0.106 e. The molecule has 0 atom stereocenters. The number of imidazole rings is 1. The molecular weight excluding hydrogens is 198 g/mol. The van der Waals surface area contributed by atoms with Crippen molar-refractivity contribution in [2.24, 2.45) is 0 Å². The zero-order valence-electron chi connectivity index (χ0n) is 9.28. The van der Waals surface area contributed by atoms with Gasteiger partial charge in [-0.3, -0.25) is 0 Å². The molecule has 16 heavy (non-hydrogen) atoms. The molecule has 0 amide bonds. The van der Waals surface area contributed by atoms with E-state index in [1.807, 2.05) is 13.0 Å². The van der Waals surface area contributed by atoms with Crippen LogP contribution in [-0.2, 0) is 6.54 Å². The Hall–Kier alpha value is -2.26. The molecule has 3 heteroatoms. The van der Waals surface area contributed by atoms with Gasteiger partial charge in [0, 0.05) is 12.1 Å². The van der Waals surface area contributed by atoms with Crippen molar-refractivity contribution in [1.82, 2.24) is 9.55 Å². The van der Waals surface area contributed by atoms with E-state index in [1.54, 1.807) is 6.07 Å². The fraction of sp³-hybridized carbons (Fsp3) is 0.231. The third kappa shape index (κ3) is 1.34. The summed E-state index contributed by atoms with van der Waals surface area (Å²) in [7, 11) is 0. The van der Waals surface area contributed by atoms with Crippen LogP contribution in [0.2, 0.25) is 0 Å². The zero-order valence-corrected chi connectivity index (χ0v) is 9.28. The zero-order chi connectivity index (χ0) is 11.7.